The lowest BCUT2D eigenvalue weighted by Gasteiger charge is -2.18. The second-order valence-corrected chi connectivity index (χ2v) is 11.0. The highest BCUT2D eigenvalue weighted by Gasteiger charge is 2.22. The van der Waals surface area contributed by atoms with E-state index in [0.29, 0.717) is 0 Å². The first-order valence-corrected chi connectivity index (χ1v) is 14.4. The van der Waals surface area contributed by atoms with Gasteiger partial charge in [-0.05, 0) is 69.3 Å². The van der Waals surface area contributed by atoms with Gasteiger partial charge in [-0.2, -0.15) is 11.8 Å². The molecule has 0 aliphatic rings. The van der Waals surface area contributed by atoms with E-state index < -0.39 is 42.4 Å². The molecule has 2 atom stereocenters. The van der Waals surface area contributed by atoms with E-state index in [1.54, 1.807) is 0 Å². The normalized spacial score (nSPS) is 12.9. The molecule has 210 valence electrons. The number of hydrogen-bond acceptors (Lipinski definition) is 6. The van der Waals surface area contributed by atoms with E-state index in [2.05, 4.69) is 65.2 Å². The monoisotopic (exact) mass is 563 g/mol. The summed E-state index contributed by atoms with van der Waals surface area (Å²) in [5, 5.41) is 30.2. The molecule has 0 spiro atoms. The minimum Gasteiger partial charge on any atom is -0.480 e. The quantitative estimate of drug-likeness (QED) is 0.109. The van der Waals surface area contributed by atoms with Crippen LogP contribution < -0.4 is 16.4 Å². The Morgan fingerprint density at radius 3 is 2.25 bits per heavy atom. The molecular weight excluding hydrogens is 530 g/mol. The number of carbonyl (C=O) groups is 4. The van der Waals surface area contributed by atoms with Gasteiger partial charge in [-0.1, -0.05) is 54.6 Å². The van der Waals surface area contributed by atoms with Crippen molar-refractivity contribution in [2.24, 2.45) is 5.73 Å². The number of aryl methyl sites for hydroxylation is 1. The molecule has 0 heterocycles. The van der Waals surface area contributed by atoms with Crippen LogP contribution in [0.1, 0.15) is 31.2 Å². The predicted octanol–water partition coefficient (Wildman–Crippen LogP) is 3.52. The number of hydrogen-bond donors (Lipinski definition) is 5. The summed E-state index contributed by atoms with van der Waals surface area (Å²) in [4.78, 5) is 46.5. The topological polar surface area (TPSA) is 159 Å². The SMILES string of the molecule is N[C@@H](CCC(=O)N[C@@H](CSCCCCc1ccc2ccc3cccc4ccc1c2c34)C(=O)NCC(=O)O)C(=O)O. The van der Waals surface area contributed by atoms with Crippen molar-refractivity contribution >= 4 is 67.8 Å². The molecule has 4 rings (SSSR count). The Hall–Kier alpha value is -3.89. The molecule has 0 aliphatic carbocycles. The molecule has 0 bridgehead atoms. The summed E-state index contributed by atoms with van der Waals surface area (Å²) in [7, 11) is 0. The van der Waals surface area contributed by atoms with Crippen molar-refractivity contribution in [2.45, 2.75) is 44.2 Å². The van der Waals surface area contributed by atoms with Gasteiger partial charge in [0.25, 0.3) is 0 Å². The van der Waals surface area contributed by atoms with Gasteiger partial charge in [-0.15, -0.1) is 0 Å². The van der Waals surface area contributed by atoms with Gasteiger partial charge >= 0.3 is 11.9 Å². The average Bonchev–Trinajstić information content (AvgIpc) is 2.94. The van der Waals surface area contributed by atoms with E-state index in [9.17, 15) is 19.2 Å². The van der Waals surface area contributed by atoms with Crippen LogP contribution in [0.4, 0.5) is 0 Å². The summed E-state index contributed by atoms with van der Waals surface area (Å²) in [6.45, 7) is -0.556. The Bertz CT molecular complexity index is 1510. The number of amides is 2. The van der Waals surface area contributed by atoms with Gasteiger partial charge in [0.1, 0.15) is 18.6 Å². The fourth-order valence-electron chi connectivity index (χ4n) is 4.88. The van der Waals surface area contributed by atoms with Crippen molar-refractivity contribution in [3.05, 3.63) is 60.2 Å². The third kappa shape index (κ3) is 7.19. The molecule has 0 fully saturated rings. The molecule has 0 aromatic heterocycles. The minimum atomic E-state index is -1.21. The number of unbranched alkanes of at least 4 members (excludes halogenated alkanes) is 1. The Morgan fingerprint density at radius 2 is 1.55 bits per heavy atom. The fraction of sp³-hybridized carbons (Fsp3) is 0.333. The lowest BCUT2D eigenvalue weighted by molar-refractivity contribution is -0.139. The maximum Gasteiger partial charge on any atom is 0.322 e. The number of benzene rings is 4. The summed E-state index contributed by atoms with van der Waals surface area (Å²) < 4.78 is 0. The number of nitrogens with one attached hydrogen (secondary N) is 2. The van der Waals surface area contributed by atoms with Crippen molar-refractivity contribution < 1.29 is 29.4 Å². The first-order chi connectivity index (χ1) is 19.2. The lowest BCUT2D eigenvalue weighted by Crippen LogP contribution is -2.49. The number of nitrogens with two attached hydrogens (primary N) is 1. The molecule has 9 nitrogen and oxygen atoms in total. The summed E-state index contributed by atoms with van der Waals surface area (Å²) in [6.07, 6.45) is 2.54. The Morgan fingerprint density at radius 1 is 0.875 bits per heavy atom. The molecule has 40 heavy (non-hydrogen) atoms. The van der Waals surface area contributed by atoms with Gasteiger partial charge in [0, 0.05) is 12.2 Å². The summed E-state index contributed by atoms with van der Waals surface area (Å²) >= 11 is 1.50. The van der Waals surface area contributed by atoms with E-state index in [4.69, 9.17) is 15.9 Å². The smallest absolute Gasteiger partial charge is 0.322 e. The molecule has 0 saturated carbocycles. The molecule has 0 radical (unpaired) electrons. The maximum atomic E-state index is 12.5. The second-order valence-electron chi connectivity index (χ2n) is 9.83. The van der Waals surface area contributed by atoms with E-state index in [1.807, 2.05) is 0 Å². The Balaban J connectivity index is 1.30. The highest BCUT2D eigenvalue weighted by molar-refractivity contribution is 7.99. The van der Waals surface area contributed by atoms with Crippen molar-refractivity contribution in [1.29, 1.82) is 0 Å². The second kappa shape index (κ2) is 13.5. The van der Waals surface area contributed by atoms with Crippen LogP contribution >= 0.6 is 11.8 Å². The van der Waals surface area contributed by atoms with Crippen molar-refractivity contribution in [3.8, 4) is 0 Å². The number of aliphatic carboxylic acids is 2. The summed E-state index contributed by atoms with van der Waals surface area (Å²) in [5.41, 5.74) is 6.75. The lowest BCUT2D eigenvalue weighted by atomic mass is 9.91. The molecule has 0 aliphatic heterocycles. The highest BCUT2D eigenvalue weighted by Crippen LogP contribution is 2.36. The Kier molecular flexibility index (Phi) is 9.79. The van der Waals surface area contributed by atoms with E-state index >= 15 is 0 Å². The minimum absolute atomic E-state index is 0.0686. The standard InChI is InChI=1S/C30H33N3O6S/c31-23(30(38)39)13-14-25(34)33-24(29(37)32-16-26(35)36)17-40-15-2-1-4-18-7-8-21-10-9-19-5-3-6-20-11-12-22(18)28(21)27(19)20/h3,5-12,23-24H,1-2,4,13-17,31H2,(H,32,37)(H,33,34)(H,35,36)(H,38,39)/t23-,24-/m0/s1. The van der Waals surface area contributed by atoms with Crippen molar-refractivity contribution in [3.63, 3.8) is 0 Å². The van der Waals surface area contributed by atoms with Gasteiger partial charge in [-0.3, -0.25) is 19.2 Å². The average molecular weight is 564 g/mol. The van der Waals surface area contributed by atoms with Gasteiger partial charge in [0.15, 0.2) is 0 Å². The number of rotatable bonds is 15. The van der Waals surface area contributed by atoms with Crippen LogP contribution in [0.15, 0.2) is 54.6 Å². The van der Waals surface area contributed by atoms with Gasteiger partial charge in [0.05, 0.1) is 0 Å². The van der Waals surface area contributed by atoms with Crippen LogP contribution in [0, 0.1) is 0 Å². The van der Waals surface area contributed by atoms with Crippen LogP contribution in [0.2, 0.25) is 0 Å². The van der Waals surface area contributed by atoms with Crippen LogP contribution in [-0.2, 0) is 25.6 Å². The number of thioether (sulfide) groups is 1. The molecule has 10 heteroatoms. The largest absolute Gasteiger partial charge is 0.480 e. The number of carbonyl (C=O) groups excluding carboxylic acids is 2. The zero-order valence-corrected chi connectivity index (χ0v) is 22.8. The molecule has 4 aromatic carbocycles. The van der Waals surface area contributed by atoms with Gasteiger partial charge < -0.3 is 26.6 Å². The molecule has 6 N–H and O–H groups in total. The summed E-state index contributed by atoms with van der Waals surface area (Å²) in [5.74, 6) is -2.48. The van der Waals surface area contributed by atoms with Gasteiger partial charge in [0.2, 0.25) is 11.8 Å². The maximum absolute atomic E-state index is 12.5. The molecular formula is C30H33N3O6S. The molecule has 0 saturated heterocycles. The van der Waals surface area contributed by atoms with E-state index in [-0.39, 0.29) is 18.6 Å². The zero-order chi connectivity index (χ0) is 28.6. The van der Waals surface area contributed by atoms with E-state index in [0.717, 1.165) is 25.0 Å². The molecule has 0 unspecified atom stereocenters. The van der Waals surface area contributed by atoms with E-state index in [1.165, 1.54) is 49.6 Å². The zero-order valence-electron chi connectivity index (χ0n) is 22.0. The number of carboxylic acid groups (broad SMARTS) is 2. The first-order valence-electron chi connectivity index (χ1n) is 13.2. The first kappa shape index (κ1) is 29.1. The van der Waals surface area contributed by atoms with Gasteiger partial charge in [-0.25, -0.2) is 0 Å². The van der Waals surface area contributed by atoms with Crippen LogP contribution in [-0.4, -0.2) is 64.1 Å². The predicted molar refractivity (Wildman–Crippen MR) is 158 cm³/mol. The van der Waals surface area contributed by atoms with Crippen LogP contribution in [0.5, 0.6) is 0 Å². The highest BCUT2D eigenvalue weighted by atomic mass is 32.2. The molecule has 2 amide bonds. The third-order valence-electron chi connectivity index (χ3n) is 6.95. The summed E-state index contributed by atoms with van der Waals surface area (Å²) in [6, 6.07) is 17.4. The fourth-order valence-corrected chi connectivity index (χ4v) is 5.93. The van der Waals surface area contributed by atoms with Crippen LogP contribution in [0.3, 0.4) is 0 Å². The van der Waals surface area contributed by atoms with Crippen LogP contribution in [0.25, 0.3) is 32.3 Å². The van der Waals surface area contributed by atoms with Crippen molar-refractivity contribution in [1.82, 2.24) is 10.6 Å². The third-order valence-corrected chi connectivity index (χ3v) is 8.10. The molecule has 4 aromatic rings. The number of carboxylic acids is 2. The van der Waals surface area contributed by atoms with Crippen molar-refractivity contribution in [2.75, 3.05) is 18.1 Å². The Labute approximate surface area is 235 Å².